The van der Waals surface area contributed by atoms with Gasteiger partial charge in [0.15, 0.2) is 0 Å². The van der Waals surface area contributed by atoms with Crippen molar-refractivity contribution in [3.8, 4) is 0 Å². The van der Waals surface area contributed by atoms with E-state index in [1.54, 1.807) is 0 Å². The van der Waals surface area contributed by atoms with Crippen molar-refractivity contribution < 1.29 is 9.32 Å². The maximum absolute atomic E-state index is 13.3. The number of amides is 1. The van der Waals surface area contributed by atoms with Gasteiger partial charge >= 0.3 is 0 Å². The Morgan fingerprint density at radius 2 is 2.12 bits per heavy atom. The van der Waals surface area contributed by atoms with Crippen molar-refractivity contribution >= 4 is 17.0 Å². The first-order valence-corrected chi connectivity index (χ1v) is 9.23. The molecule has 3 heterocycles. The van der Waals surface area contributed by atoms with Gasteiger partial charge in [0.05, 0.1) is 16.6 Å². The van der Waals surface area contributed by atoms with Gasteiger partial charge in [0, 0.05) is 24.2 Å². The third-order valence-electron chi connectivity index (χ3n) is 5.94. The van der Waals surface area contributed by atoms with Crippen LogP contribution in [0.4, 0.5) is 0 Å². The summed E-state index contributed by atoms with van der Waals surface area (Å²) in [6.45, 7) is 5.07. The van der Waals surface area contributed by atoms with E-state index in [0.717, 1.165) is 48.1 Å². The van der Waals surface area contributed by atoms with Gasteiger partial charge in [0.25, 0.3) is 11.6 Å². The van der Waals surface area contributed by atoms with Crippen LogP contribution in [0.1, 0.15) is 79.5 Å². The lowest BCUT2D eigenvalue weighted by atomic mass is 10.0. The summed E-state index contributed by atoms with van der Waals surface area (Å²) in [7, 11) is 0. The first-order chi connectivity index (χ1) is 11.6. The van der Waals surface area contributed by atoms with Gasteiger partial charge in [0.1, 0.15) is 0 Å². The second kappa shape index (κ2) is 5.04. The molecule has 1 aliphatic heterocycles. The molecular formula is C19H23N3O2. The van der Waals surface area contributed by atoms with E-state index in [1.165, 1.54) is 12.8 Å². The van der Waals surface area contributed by atoms with Gasteiger partial charge in [-0.1, -0.05) is 19.0 Å². The van der Waals surface area contributed by atoms with E-state index in [0.29, 0.717) is 23.6 Å². The Bertz CT molecular complexity index is 821. The molecule has 2 saturated carbocycles. The summed E-state index contributed by atoms with van der Waals surface area (Å²) < 4.78 is 5.51. The molecule has 1 amide bonds. The molecule has 126 valence electrons. The molecule has 2 aromatic rings. The van der Waals surface area contributed by atoms with Crippen LogP contribution in [0.25, 0.3) is 11.1 Å². The lowest BCUT2D eigenvalue weighted by molar-refractivity contribution is 0.0705. The number of pyridine rings is 1. The summed E-state index contributed by atoms with van der Waals surface area (Å²) in [6.07, 6.45) is 5.92. The number of piperidine rings is 1. The maximum atomic E-state index is 13.3. The lowest BCUT2D eigenvalue weighted by Gasteiger charge is -2.27. The van der Waals surface area contributed by atoms with Crippen LogP contribution in [-0.4, -0.2) is 33.5 Å². The van der Waals surface area contributed by atoms with Crippen molar-refractivity contribution in [2.75, 3.05) is 6.54 Å². The number of hydrogen-bond acceptors (Lipinski definition) is 4. The average Bonchev–Trinajstić information content (AvgIpc) is 3.02. The summed E-state index contributed by atoms with van der Waals surface area (Å²) in [6, 6.07) is 2.45. The van der Waals surface area contributed by atoms with Gasteiger partial charge < -0.3 is 9.42 Å². The molecule has 2 aliphatic carbocycles. The highest BCUT2D eigenvalue weighted by Gasteiger charge is 2.41. The molecule has 0 unspecified atom stereocenters. The first kappa shape index (κ1) is 14.4. The number of rotatable bonds is 3. The third kappa shape index (κ3) is 2.10. The highest BCUT2D eigenvalue weighted by molar-refractivity contribution is 6.06. The van der Waals surface area contributed by atoms with E-state index in [2.05, 4.69) is 28.9 Å². The number of likely N-dealkylation sites (tertiary alicyclic amines) is 1. The number of hydrogen-bond donors (Lipinski definition) is 0. The zero-order valence-corrected chi connectivity index (χ0v) is 14.3. The highest BCUT2D eigenvalue weighted by Crippen LogP contribution is 2.42. The second-order valence-corrected chi connectivity index (χ2v) is 8.06. The molecule has 1 saturated heterocycles. The zero-order valence-electron chi connectivity index (χ0n) is 14.3. The van der Waals surface area contributed by atoms with Gasteiger partial charge in [-0.05, 0) is 50.0 Å². The topological polar surface area (TPSA) is 59.2 Å². The molecule has 0 N–H and O–H groups in total. The Balaban J connectivity index is 1.64. The fourth-order valence-corrected chi connectivity index (χ4v) is 4.47. The van der Waals surface area contributed by atoms with Gasteiger partial charge in [-0.25, -0.2) is 4.98 Å². The number of aromatic nitrogens is 2. The Morgan fingerprint density at radius 1 is 1.29 bits per heavy atom. The average molecular weight is 325 g/mol. The fraction of sp³-hybridized carbons (Fsp3) is 0.632. The van der Waals surface area contributed by atoms with Crippen molar-refractivity contribution in [1.29, 1.82) is 0 Å². The van der Waals surface area contributed by atoms with Gasteiger partial charge in [-0.3, -0.25) is 4.79 Å². The van der Waals surface area contributed by atoms with Crippen molar-refractivity contribution in [2.45, 2.75) is 63.8 Å². The van der Waals surface area contributed by atoms with Crippen molar-refractivity contribution in [1.82, 2.24) is 15.0 Å². The van der Waals surface area contributed by atoms with Crippen LogP contribution in [0.5, 0.6) is 0 Å². The summed E-state index contributed by atoms with van der Waals surface area (Å²) >= 11 is 0. The van der Waals surface area contributed by atoms with E-state index in [9.17, 15) is 4.79 Å². The van der Waals surface area contributed by atoms with Crippen LogP contribution < -0.4 is 0 Å². The fourth-order valence-electron chi connectivity index (χ4n) is 4.47. The first-order valence-electron chi connectivity index (χ1n) is 9.23. The maximum Gasteiger partial charge on any atom is 0.259 e. The molecule has 0 spiro atoms. The van der Waals surface area contributed by atoms with Crippen LogP contribution in [-0.2, 0) is 0 Å². The highest BCUT2D eigenvalue weighted by atomic mass is 16.5. The van der Waals surface area contributed by atoms with Gasteiger partial charge in [-0.15, -0.1) is 0 Å². The molecule has 5 heteroatoms. The van der Waals surface area contributed by atoms with E-state index in [1.807, 2.05) is 6.07 Å². The zero-order chi connectivity index (χ0) is 16.4. The Morgan fingerprint density at radius 3 is 2.75 bits per heavy atom. The third-order valence-corrected chi connectivity index (χ3v) is 5.94. The van der Waals surface area contributed by atoms with E-state index in [-0.39, 0.29) is 11.8 Å². The predicted molar refractivity (Wildman–Crippen MR) is 90.0 cm³/mol. The Labute approximate surface area is 141 Å². The SMILES string of the molecule is CC(C)c1noc2nc(C3CC3)cc(C(=O)N3C[C@H]4CC[C@H]3C4)c12. The normalized spacial score (nSPS) is 26.0. The summed E-state index contributed by atoms with van der Waals surface area (Å²) in [4.78, 5) is 20.1. The summed E-state index contributed by atoms with van der Waals surface area (Å²) in [5.74, 6) is 1.55. The monoisotopic (exact) mass is 325 g/mol. The quantitative estimate of drug-likeness (QED) is 0.860. The number of nitrogens with zero attached hydrogens (tertiary/aromatic N) is 3. The molecule has 24 heavy (non-hydrogen) atoms. The standard InChI is InChI=1S/C19H23N3O2/c1-10(2)17-16-14(19(23)22-9-11-3-6-13(22)7-11)8-15(12-4-5-12)20-18(16)24-21-17/h8,10-13H,3-7,9H2,1-2H3/t11-,13-/m0/s1. The Kier molecular flexibility index (Phi) is 3.03. The Hall–Kier alpha value is -1.91. The van der Waals surface area contributed by atoms with Gasteiger partial charge in [-0.2, -0.15) is 0 Å². The van der Waals surface area contributed by atoms with Gasteiger partial charge in [0.2, 0.25) is 0 Å². The summed E-state index contributed by atoms with van der Waals surface area (Å²) in [5, 5.41) is 5.06. The molecule has 0 radical (unpaired) electrons. The van der Waals surface area contributed by atoms with Crippen LogP contribution in [0.2, 0.25) is 0 Å². The second-order valence-electron chi connectivity index (χ2n) is 8.06. The molecule has 3 aliphatic rings. The van der Waals surface area contributed by atoms with Crippen molar-refractivity contribution in [3.05, 3.63) is 23.0 Å². The number of carbonyl (C=O) groups excluding carboxylic acids is 1. The van der Waals surface area contributed by atoms with E-state index < -0.39 is 0 Å². The smallest absolute Gasteiger partial charge is 0.259 e. The van der Waals surface area contributed by atoms with Crippen molar-refractivity contribution in [3.63, 3.8) is 0 Å². The van der Waals surface area contributed by atoms with Crippen molar-refractivity contribution in [2.24, 2.45) is 5.92 Å². The molecule has 2 atom stereocenters. The lowest BCUT2D eigenvalue weighted by Crippen LogP contribution is -2.37. The summed E-state index contributed by atoms with van der Waals surface area (Å²) in [5.41, 5.74) is 3.16. The number of carbonyl (C=O) groups is 1. The largest absolute Gasteiger partial charge is 0.335 e. The van der Waals surface area contributed by atoms with E-state index in [4.69, 9.17) is 4.52 Å². The molecule has 2 bridgehead atoms. The molecule has 3 fully saturated rings. The molecule has 2 aromatic heterocycles. The molecule has 5 rings (SSSR count). The minimum absolute atomic E-state index is 0.154. The minimum atomic E-state index is 0.154. The molecular weight excluding hydrogens is 302 g/mol. The number of fused-ring (bicyclic) bond motifs is 3. The minimum Gasteiger partial charge on any atom is -0.335 e. The van der Waals surface area contributed by atoms with Crippen LogP contribution >= 0.6 is 0 Å². The van der Waals surface area contributed by atoms with E-state index >= 15 is 0 Å². The van der Waals surface area contributed by atoms with Crippen LogP contribution in [0.3, 0.4) is 0 Å². The molecule has 5 nitrogen and oxygen atoms in total. The molecule has 0 aromatic carbocycles. The van der Waals surface area contributed by atoms with Crippen LogP contribution in [0.15, 0.2) is 10.6 Å². The predicted octanol–water partition coefficient (Wildman–Crippen LogP) is 3.85. The van der Waals surface area contributed by atoms with Crippen LogP contribution in [0, 0.1) is 5.92 Å².